The van der Waals surface area contributed by atoms with E-state index in [1.807, 2.05) is 0 Å². The van der Waals surface area contributed by atoms with E-state index in [1.165, 1.54) is 24.3 Å². The molecule has 2 unspecified atom stereocenters. The molecule has 3 aromatic rings. The van der Waals surface area contributed by atoms with Crippen LogP contribution in [0, 0.1) is 6.92 Å². The molecule has 0 aromatic heterocycles. The van der Waals surface area contributed by atoms with E-state index in [2.05, 4.69) is 10.6 Å². The second-order valence-corrected chi connectivity index (χ2v) is 11.1. The summed E-state index contributed by atoms with van der Waals surface area (Å²) in [5.74, 6) is -1.65. The van der Waals surface area contributed by atoms with Crippen LogP contribution >= 0.6 is 11.6 Å². The van der Waals surface area contributed by atoms with Crippen LogP contribution in [-0.2, 0) is 20.7 Å². The summed E-state index contributed by atoms with van der Waals surface area (Å²) in [5, 5.41) is 36.1. The lowest BCUT2D eigenvalue weighted by molar-refractivity contribution is -0.141. The number of hydrogen-bond donors (Lipinski definition) is 5. The number of phenols is 2. The molecule has 3 rings (SSSR count). The molecular formula is C31H36ClN3O7. The van der Waals surface area contributed by atoms with Gasteiger partial charge in [-0.05, 0) is 63.1 Å². The Labute approximate surface area is 249 Å². The maximum absolute atomic E-state index is 14.2. The highest BCUT2D eigenvalue weighted by atomic mass is 35.5. The molecule has 42 heavy (non-hydrogen) atoms. The Kier molecular flexibility index (Phi) is 10.8. The number of halogens is 1. The van der Waals surface area contributed by atoms with Gasteiger partial charge >= 0.3 is 6.09 Å². The van der Waals surface area contributed by atoms with Crippen LogP contribution in [0.3, 0.4) is 0 Å². The number of aliphatic hydroxyl groups excluding tert-OH is 1. The lowest BCUT2D eigenvalue weighted by atomic mass is 9.99. The molecule has 0 bridgehead atoms. The van der Waals surface area contributed by atoms with Crippen molar-refractivity contribution < 1.29 is 34.4 Å². The number of benzene rings is 3. The SMILES string of the molecule is Cc1cccc(Cl)c1NC(=O)C(c1ccccc1O)N(CCO)C(=O)C(Cc1ccc(O)cc1)NC(=O)OC(C)(C)C. The number of aliphatic hydroxyl groups is 1. The summed E-state index contributed by atoms with van der Waals surface area (Å²) >= 11 is 6.36. The number of aromatic hydroxyl groups is 2. The minimum absolute atomic E-state index is 0.0230. The monoisotopic (exact) mass is 597 g/mol. The number of carbonyl (C=O) groups excluding carboxylic acids is 3. The van der Waals surface area contributed by atoms with Crippen molar-refractivity contribution in [3.05, 3.63) is 88.4 Å². The summed E-state index contributed by atoms with van der Waals surface area (Å²) in [6, 6.07) is 14.5. The van der Waals surface area contributed by atoms with Gasteiger partial charge < -0.3 is 35.6 Å². The van der Waals surface area contributed by atoms with Crippen LogP contribution in [0.5, 0.6) is 11.5 Å². The van der Waals surface area contributed by atoms with Gasteiger partial charge in [-0.15, -0.1) is 0 Å². The molecule has 0 spiro atoms. The molecule has 0 fully saturated rings. The van der Waals surface area contributed by atoms with Crippen LogP contribution in [-0.4, -0.2) is 62.9 Å². The molecule has 224 valence electrons. The van der Waals surface area contributed by atoms with E-state index in [9.17, 15) is 29.7 Å². The average Bonchev–Trinajstić information content (AvgIpc) is 2.91. The van der Waals surface area contributed by atoms with Crippen molar-refractivity contribution in [1.82, 2.24) is 10.2 Å². The van der Waals surface area contributed by atoms with Gasteiger partial charge in [0.15, 0.2) is 0 Å². The molecule has 0 saturated heterocycles. The van der Waals surface area contributed by atoms with Crippen molar-refractivity contribution in [1.29, 1.82) is 0 Å². The molecule has 0 aliphatic rings. The van der Waals surface area contributed by atoms with E-state index in [0.717, 1.165) is 4.90 Å². The zero-order chi connectivity index (χ0) is 31.0. The normalized spacial score (nSPS) is 12.6. The molecule has 0 aliphatic carbocycles. The number of para-hydroxylation sites is 2. The fourth-order valence-electron chi connectivity index (χ4n) is 4.34. The Morgan fingerprint density at radius 3 is 2.24 bits per heavy atom. The van der Waals surface area contributed by atoms with Crippen molar-refractivity contribution in [2.75, 3.05) is 18.5 Å². The first-order chi connectivity index (χ1) is 19.8. The van der Waals surface area contributed by atoms with Crippen LogP contribution in [0.15, 0.2) is 66.7 Å². The van der Waals surface area contributed by atoms with Gasteiger partial charge in [-0.25, -0.2) is 4.79 Å². The highest BCUT2D eigenvalue weighted by molar-refractivity contribution is 6.34. The predicted molar refractivity (Wildman–Crippen MR) is 159 cm³/mol. The zero-order valence-electron chi connectivity index (χ0n) is 23.9. The summed E-state index contributed by atoms with van der Waals surface area (Å²) in [4.78, 5) is 42.1. The number of phenolic OH excluding ortho intramolecular Hbond substituents is 2. The van der Waals surface area contributed by atoms with E-state index in [-0.39, 0.29) is 35.1 Å². The van der Waals surface area contributed by atoms with Crippen LogP contribution in [0.25, 0.3) is 0 Å². The van der Waals surface area contributed by atoms with Crippen molar-refractivity contribution in [2.45, 2.75) is 51.8 Å². The lowest BCUT2D eigenvalue weighted by Gasteiger charge is -2.34. The minimum atomic E-state index is -1.43. The quantitative estimate of drug-likeness (QED) is 0.227. The van der Waals surface area contributed by atoms with E-state index in [1.54, 1.807) is 70.2 Å². The fourth-order valence-corrected chi connectivity index (χ4v) is 4.61. The summed E-state index contributed by atoms with van der Waals surface area (Å²) in [6.45, 7) is 5.96. The first-order valence-corrected chi connectivity index (χ1v) is 13.7. The number of ether oxygens (including phenoxy) is 1. The lowest BCUT2D eigenvalue weighted by Crippen LogP contribution is -2.53. The largest absolute Gasteiger partial charge is 0.508 e. The number of alkyl carbamates (subject to hydrolysis) is 1. The van der Waals surface area contributed by atoms with Gasteiger partial charge in [-0.3, -0.25) is 9.59 Å². The molecule has 0 aliphatic heterocycles. The van der Waals surface area contributed by atoms with Gasteiger partial charge in [0.05, 0.1) is 17.3 Å². The van der Waals surface area contributed by atoms with Crippen molar-refractivity contribution in [3.8, 4) is 11.5 Å². The van der Waals surface area contributed by atoms with Gasteiger partial charge in [0.2, 0.25) is 5.91 Å². The van der Waals surface area contributed by atoms with Crippen LogP contribution in [0.2, 0.25) is 5.02 Å². The molecule has 0 radical (unpaired) electrons. The molecule has 5 N–H and O–H groups in total. The Bertz CT molecular complexity index is 1390. The van der Waals surface area contributed by atoms with E-state index in [0.29, 0.717) is 16.8 Å². The second kappa shape index (κ2) is 14.1. The molecule has 3 aromatic carbocycles. The number of hydrogen-bond acceptors (Lipinski definition) is 7. The van der Waals surface area contributed by atoms with Gasteiger partial charge in [0, 0.05) is 18.5 Å². The van der Waals surface area contributed by atoms with E-state index >= 15 is 0 Å². The molecule has 3 amide bonds. The highest BCUT2D eigenvalue weighted by Crippen LogP contribution is 2.33. The summed E-state index contributed by atoms with van der Waals surface area (Å²) < 4.78 is 5.39. The molecule has 0 saturated carbocycles. The number of nitrogens with zero attached hydrogens (tertiary/aromatic N) is 1. The first-order valence-electron chi connectivity index (χ1n) is 13.3. The van der Waals surface area contributed by atoms with E-state index in [4.69, 9.17) is 16.3 Å². The average molecular weight is 598 g/mol. The molecule has 10 nitrogen and oxygen atoms in total. The van der Waals surface area contributed by atoms with Gasteiger partial charge in [-0.2, -0.15) is 0 Å². The number of nitrogens with one attached hydrogen (secondary N) is 2. The van der Waals surface area contributed by atoms with Crippen molar-refractivity contribution in [3.63, 3.8) is 0 Å². The Balaban J connectivity index is 2.08. The highest BCUT2D eigenvalue weighted by Gasteiger charge is 2.37. The third-order valence-electron chi connectivity index (χ3n) is 6.25. The standard InChI is InChI=1S/C31H36ClN3O7/c1-19-8-7-10-23(32)26(19)34-28(39)27(22-9-5-6-11-25(22)38)35(16-17-36)29(40)24(33-30(41)42-31(2,3)4)18-20-12-14-21(37)15-13-20/h5-15,24,27,36-38H,16-18H2,1-4H3,(H,33,41)(H,34,39). The Hall–Kier alpha value is -4.28. The summed E-state index contributed by atoms with van der Waals surface area (Å²) in [7, 11) is 0. The van der Waals surface area contributed by atoms with Crippen molar-refractivity contribution in [2.24, 2.45) is 0 Å². The predicted octanol–water partition coefficient (Wildman–Crippen LogP) is 4.70. The van der Waals surface area contributed by atoms with Gasteiger partial charge in [0.1, 0.15) is 29.2 Å². The number of carbonyl (C=O) groups is 3. The first kappa shape index (κ1) is 32.2. The third kappa shape index (κ3) is 8.61. The second-order valence-electron chi connectivity index (χ2n) is 10.7. The number of aryl methyl sites for hydroxylation is 1. The van der Waals surface area contributed by atoms with Gasteiger partial charge in [-0.1, -0.05) is 54.1 Å². The Morgan fingerprint density at radius 1 is 0.976 bits per heavy atom. The zero-order valence-corrected chi connectivity index (χ0v) is 24.7. The number of rotatable bonds is 10. The topological polar surface area (TPSA) is 148 Å². The minimum Gasteiger partial charge on any atom is -0.508 e. The third-order valence-corrected chi connectivity index (χ3v) is 6.57. The molecule has 0 heterocycles. The summed E-state index contributed by atoms with van der Waals surface area (Å²) in [5.41, 5.74) is 0.840. The van der Waals surface area contributed by atoms with Crippen molar-refractivity contribution >= 4 is 35.2 Å². The van der Waals surface area contributed by atoms with Crippen LogP contribution < -0.4 is 10.6 Å². The smallest absolute Gasteiger partial charge is 0.408 e. The van der Waals surface area contributed by atoms with Crippen LogP contribution in [0.1, 0.15) is 43.5 Å². The summed E-state index contributed by atoms with van der Waals surface area (Å²) in [6.07, 6.45) is -0.891. The maximum atomic E-state index is 14.2. The van der Waals surface area contributed by atoms with Crippen LogP contribution in [0.4, 0.5) is 10.5 Å². The molecule has 11 heteroatoms. The molecular weight excluding hydrogens is 562 g/mol. The Morgan fingerprint density at radius 2 is 1.64 bits per heavy atom. The fraction of sp³-hybridized carbons (Fsp3) is 0.323. The number of anilines is 1. The number of amides is 3. The maximum Gasteiger partial charge on any atom is 0.408 e. The van der Waals surface area contributed by atoms with Gasteiger partial charge in [0.25, 0.3) is 5.91 Å². The van der Waals surface area contributed by atoms with E-state index < -0.39 is 42.2 Å². The molecule has 2 atom stereocenters.